The highest BCUT2D eigenvalue weighted by Crippen LogP contribution is 2.38. The molecule has 1 nitrogen and oxygen atoms in total. The van der Waals surface area contributed by atoms with Crippen LogP contribution in [0.3, 0.4) is 0 Å². The Kier molecular flexibility index (Phi) is 5.22. The average molecular weight is 298 g/mol. The molecule has 0 radical (unpaired) electrons. The van der Waals surface area contributed by atoms with E-state index in [9.17, 15) is 22.0 Å². The number of halogens is 5. The minimum absolute atomic E-state index is 0.0796. The molecule has 0 aliphatic carbocycles. The van der Waals surface area contributed by atoms with Crippen molar-refractivity contribution in [3.05, 3.63) is 35.9 Å². The van der Waals surface area contributed by atoms with Gasteiger partial charge in [0.1, 0.15) is 0 Å². The summed E-state index contributed by atoms with van der Waals surface area (Å²) in [5, 5.41) is 0.0796. The van der Waals surface area contributed by atoms with E-state index in [0.29, 0.717) is 5.56 Å². The smallest absolute Gasteiger partial charge is 0.453 e. The highest BCUT2D eigenvalue weighted by Gasteiger charge is 2.56. The van der Waals surface area contributed by atoms with Crippen LogP contribution in [0.4, 0.5) is 22.0 Å². The molecule has 106 valence electrons. The Hall–Kier alpha value is -1.24. The quantitative estimate of drug-likeness (QED) is 0.454. The molecule has 0 spiro atoms. The van der Waals surface area contributed by atoms with E-state index in [1.165, 1.54) is 0 Å². The molecular formula is C12H11F5OS. The third-order valence-corrected chi connectivity index (χ3v) is 2.65. The van der Waals surface area contributed by atoms with Gasteiger partial charge in [-0.05, 0) is 18.6 Å². The van der Waals surface area contributed by atoms with E-state index in [1.54, 1.807) is 30.3 Å². The van der Waals surface area contributed by atoms with Crippen LogP contribution in [0.25, 0.3) is 0 Å². The van der Waals surface area contributed by atoms with E-state index in [0.717, 1.165) is 0 Å². The molecule has 0 saturated carbocycles. The fourth-order valence-electron chi connectivity index (χ4n) is 1.26. The second kappa shape index (κ2) is 6.27. The Balaban J connectivity index is 2.34. The first kappa shape index (κ1) is 15.8. The lowest BCUT2D eigenvalue weighted by Crippen LogP contribution is -2.36. The van der Waals surface area contributed by atoms with Crippen LogP contribution in [0.5, 0.6) is 0 Å². The molecule has 0 amide bonds. The first-order valence-electron chi connectivity index (χ1n) is 5.41. The summed E-state index contributed by atoms with van der Waals surface area (Å²) in [6, 6.07) is 8.50. The zero-order valence-corrected chi connectivity index (χ0v) is 10.5. The predicted molar refractivity (Wildman–Crippen MR) is 64.3 cm³/mol. The average Bonchev–Trinajstić information content (AvgIpc) is 2.34. The van der Waals surface area contributed by atoms with Crippen LogP contribution in [0, 0.1) is 0 Å². The maximum atomic E-state index is 12.6. The Bertz CT molecular complexity index is 416. The van der Waals surface area contributed by atoms with Crippen molar-refractivity contribution >= 4 is 17.3 Å². The van der Waals surface area contributed by atoms with Crippen molar-refractivity contribution in [2.24, 2.45) is 0 Å². The molecule has 0 atom stereocenters. The highest BCUT2D eigenvalue weighted by atomic mass is 32.1. The second-order valence-electron chi connectivity index (χ2n) is 3.81. The number of rotatable bonds is 5. The Morgan fingerprint density at radius 1 is 1.05 bits per heavy atom. The van der Waals surface area contributed by atoms with Crippen LogP contribution in [-0.2, 0) is 4.74 Å². The van der Waals surface area contributed by atoms with Crippen molar-refractivity contribution in [2.75, 3.05) is 6.61 Å². The Labute approximate surface area is 112 Å². The second-order valence-corrected chi connectivity index (χ2v) is 4.18. The van der Waals surface area contributed by atoms with E-state index < -0.39 is 24.9 Å². The van der Waals surface area contributed by atoms with Gasteiger partial charge >= 0.3 is 12.1 Å². The van der Waals surface area contributed by atoms with Crippen molar-refractivity contribution in [3.63, 3.8) is 0 Å². The van der Waals surface area contributed by atoms with Gasteiger partial charge in [0, 0.05) is 12.0 Å². The number of hydrogen-bond acceptors (Lipinski definition) is 2. The van der Waals surface area contributed by atoms with Gasteiger partial charge in [0.15, 0.2) is 5.05 Å². The summed E-state index contributed by atoms with van der Waals surface area (Å²) in [6.07, 6.45) is -7.26. The first-order valence-corrected chi connectivity index (χ1v) is 5.81. The van der Waals surface area contributed by atoms with Crippen LogP contribution >= 0.6 is 12.2 Å². The molecule has 19 heavy (non-hydrogen) atoms. The fourth-order valence-corrected chi connectivity index (χ4v) is 1.48. The van der Waals surface area contributed by atoms with Gasteiger partial charge in [0.25, 0.3) is 0 Å². The maximum Gasteiger partial charge on any atom is 0.453 e. The lowest BCUT2D eigenvalue weighted by molar-refractivity contribution is -0.284. The van der Waals surface area contributed by atoms with Crippen molar-refractivity contribution in [1.82, 2.24) is 0 Å². The first-order chi connectivity index (χ1) is 8.74. The summed E-state index contributed by atoms with van der Waals surface area (Å²) in [5.41, 5.74) is 0.583. The molecule has 1 aromatic rings. The van der Waals surface area contributed by atoms with E-state index in [1.807, 2.05) is 0 Å². The summed E-state index contributed by atoms with van der Waals surface area (Å²) in [4.78, 5) is 0. The number of benzene rings is 1. The van der Waals surface area contributed by atoms with Gasteiger partial charge in [-0.15, -0.1) is 0 Å². The van der Waals surface area contributed by atoms with Crippen molar-refractivity contribution in [2.45, 2.75) is 24.9 Å². The van der Waals surface area contributed by atoms with Gasteiger partial charge in [0.2, 0.25) is 0 Å². The van der Waals surface area contributed by atoms with Gasteiger partial charge in [-0.3, -0.25) is 0 Å². The zero-order valence-electron chi connectivity index (χ0n) is 9.71. The summed E-state index contributed by atoms with van der Waals surface area (Å²) >= 11 is 4.87. The minimum atomic E-state index is -5.52. The van der Waals surface area contributed by atoms with E-state index in [4.69, 9.17) is 17.0 Å². The molecule has 0 saturated heterocycles. The normalized spacial score (nSPS) is 12.3. The van der Waals surface area contributed by atoms with Gasteiger partial charge < -0.3 is 4.74 Å². The number of ether oxygens (including phenoxy) is 1. The molecular weight excluding hydrogens is 287 g/mol. The van der Waals surface area contributed by atoms with E-state index in [2.05, 4.69) is 0 Å². The fraction of sp³-hybridized carbons (Fsp3) is 0.417. The maximum absolute atomic E-state index is 12.6. The number of thiocarbonyl (C=S) groups is 1. The minimum Gasteiger partial charge on any atom is -0.483 e. The zero-order chi connectivity index (χ0) is 14.5. The van der Waals surface area contributed by atoms with Crippen molar-refractivity contribution in [1.29, 1.82) is 0 Å². The largest absolute Gasteiger partial charge is 0.483 e. The SMILES string of the molecule is FC(F)(F)C(F)(F)CCCOC(=S)c1ccccc1. The lowest BCUT2D eigenvalue weighted by Gasteiger charge is -2.19. The molecule has 0 aromatic heterocycles. The number of alkyl halides is 5. The Morgan fingerprint density at radius 3 is 2.16 bits per heavy atom. The summed E-state index contributed by atoms with van der Waals surface area (Å²) < 4.78 is 65.7. The molecule has 0 bridgehead atoms. The summed E-state index contributed by atoms with van der Waals surface area (Å²) in [5.74, 6) is -4.69. The van der Waals surface area contributed by atoms with Crippen LogP contribution in [0.2, 0.25) is 0 Å². The van der Waals surface area contributed by atoms with Crippen LogP contribution < -0.4 is 0 Å². The summed E-state index contributed by atoms with van der Waals surface area (Å²) in [6.45, 7) is -0.278. The molecule has 0 aliphatic rings. The third-order valence-electron chi connectivity index (χ3n) is 2.29. The van der Waals surface area contributed by atoms with Gasteiger partial charge in [-0.1, -0.05) is 30.3 Å². The van der Waals surface area contributed by atoms with Crippen molar-refractivity contribution in [3.8, 4) is 0 Å². The third kappa shape index (κ3) is 4.74. The molecule has 0 heterocycles. The van der Waals surface area contributed by atoms with Crippen LogP contribution in [0.1, 0.15) is 18.4 Å². The molecule has 0 N–H and O–H groups in total. The van der Waals surface area contributed by atoms with Gasteiger partial charge in [-0.2, -0.15) is 22.0 Å². The van der Waals surface area contributed by atoms with Crippen LogP contribution in [-0.4, -0.2) is 23.8 Å². The molecule has 1 rings (SSSR count). The lowest BCUT2D eigenvalue weighted by atomic mass is 10.2. The van der Waals surface area contributed by atoms with Crippen LogP contribution in [0.15, 0.2) is 30.3 Å². The Morgan fingerprint density at radius 2 is 1.63 bits per heavy atom. The number of hydrogen-bond donors (Lipinski definition) is 0. The van der Waals surface area contributed by atoms with Gasteiger partial charge in [0.05, 0.1) is 6.61 Å². The molecule has 0 aliphatic heterocycles. The summed E-state index contributed by atoms with van der Waals surface area (Å²) in [7, 11) is 0. The topological polar surface area (TPSA) is 9.23 Å². The molecule has 1 aromatic carbocycles. The monoisotopic (exact) mass is 298 g/mol. The standard InChI is InChI=1S/C12H11F5OS/c13-11(14,12(15,16)17)7-4-8-18-10(19)9-5-2-1-3-6-9/h1-3,5-6H,4,7-8H2. The van der Waals surface area contributed by atoms with E-state index in [-0.39, 0.29) is 11.7 Å². The van der Waals surface area contributed by atoms with E-state index >= 15 is 0 Å². The highest BCUT2D eigenvalue weighted by molar-refractivity contribution is 7.80. The van der Waals surface area contributed by atoms with Crippen molar-refractivity contribution < 1.29 is 26.7 Å². The molecule has 0 fully saturated rings. The predicted octanol–water partition coefficient (Wildman–Crippen LogP) is 4.36. The van der Waals surface area contributed by atoms with Gasteiger partial charge in [-0.25, -0.2) is 0 Å². The molecule has 0 unspecified atom stereocenters. The molecule has 7 heteroatoms.